The molecule has 1 amide bonds. The van der Waals surface area contributed by atoms with Gasteiger partial charge < -0.3 is 19.3 Å². The van der Waals surface area contributed by atoms with Crippen LogP contribution in [0.25, 0.3) is 0 Å². The molecule has 2 unspecified atom stereocenters. The van der Waals surface area contributed by atoms with Gasteiger partial charge in [-0.3, -0.25) is 0 Å². The van der Waals surface area contributed by atoms with Crippen molar-refractivity contribution in [3.05, 3.63) is 12.4 Å². The maximum absolute atomic E-state index is 12.2. The van der Waals surface area contributed by atoms with Crippen molar-refractivity contribution in [2.24, 2.45) is 11.8 Å². The highest BCUT2D eigenvalue weighted by molar-refractivity contribution is 5.68. The number of aromatic nitrogens is 2. The fourth-order valence-corrected chi connectivity index (χ4v) is 3.34. The molecule has 0 aliphatic carbocycles. The van der Waals surface area contributed by atoms with Crippen molar-refractivity contribution in [1.29, 1.82) is 0 Å². The Balaban J connectivity index is 1.52. The van der Waals surface area contributed by atoms with Crippen LogP contribution in [0.4, 0.5) is 19.5 Å². The van der Waals surface area contributed by atoms with Gasteiger partial charge in [-0.15, -0.1) is 0 Å². The average molecular weight is 370 g/mol. The molecule has 2 aliphatic heterocycles. The third kappa shape index (κ3) is 4.50. The molecule has 26 heavy (non-hydrogen) atoms. The van der Waals surface area contributed by atoms with Crippen molar-refractivity contribution in [3.8, 4) is 5.75 Å². The zero-order valence-electron chi connectivity index (χ0n) is 15.2. The molecule has 0 aromatic carbocycles. The van der Waals surface area contributed by atoms with Crippen molar-refractivity contribution in [3.63, 3.8) is 0 Å². The molecule has 3 heterocycles. The number of halogens is 2. The molecule has 7 nitrogen and oxygen atoms in total. The second kappa shape index (κ2) is 7.20. The lowest BCUT2D eigenvalue weighted by atomic mass is 10.0. The highest BCUT2D eigenvalue weighted by atomic mass is 19.3. The second-order valence-electron chi connectivity index (χ2n) is 7.73. The minimum absolute atomic E-state index is 0.226. The van der Waals surface area contributed by atoms with Gasteiger partial charge in [0.1, 0.15) is 12.2 Å². The van der Waals surface area contributed by atoms with Gasteiger partial charge in [0.2, 0.25) is 5.95 Å². The fourth-order valence-electron chi connectivity index (χ4n) is 3.34. The first-order chi connectivity index (χ1) is 12.2. The summed E-state index contributed by atoms with van der Waals surface area (Å²) in [6, 6.07) is 0. The molecule has 0 radical (unpaired) electrons. The van der Waals surface area contributed by atoms with Gasteiger partial charge in [-0.05, 0) is 20.8 Å². The maximum Gasteiger partial charge on any atom is 0.410 e. The van der Waals surface area contributed by atoms with E-state index in [1.54, 1.807) is 4.90 Å². The molecule has 0 saturated carbocycles. The van der Waals surface area contributed by atoms with Gasteiger partial charge in [0, 0.05) is 38.0 Å². The van der Waals surface area contributed by atoms with Crippen LogP contribution in [0.1, 0.15) is 20.8 Å². The number of anilines is 1. The summed E-state index contributed by atoms with van der Waals surface area (Å²) in [6.07, 6.45) is 0.0215. The summed E-state index contributed by atoms with van der Waals surface area (Å²) >= 11 is 0. The monoisotopic (exact) mass is 370 g/mol. The molecule has 1 aromatic rings. The number of likely N-dealkylation sites (tertiary alicyclic amines) is 1. The summed E-state index contributed by atoms with van der Waals surface area (Å²) in [7, 11) is 0. The van der Waals surface area contributed by atoms with Crippen molar-refractivity contribution < 1.29 is 23.0 Å². The summed E-state index contributed by atoms with van der Waals surface area (Å²) in [5, 5.41) is 0. The van der Waals surface area contributed by atoms with Crippen LogP contribution < -0.4 is 9.64 Å². The van der Waals surface area contributed by atoms with Gasteiger partial charge in [-0.1, -0.05) is 0 Å². The van der Waals surface area contributed by atoms with Crippen LogP contribution in [0.2, 0.25) is 0 Å². The number of nitrogens with zero attached hydrogens (tertiary/aromatic N) is 4. The minimum Gasteiger partial charge on any atom is -0.484 e. The number of carbonyl (C=O) groups is 1. The lowest BCUT2D eigenvalue weighted by molar-refractivity contribution is 0.0282. The molecule has 1 aromatic heterocycles. The summed E-state index contributed by atoms with van der Waals surface area (Å²) in [6.45, 7) is 7.72. The molecule has 0 spiro atoms. The maximum atomic E-state index is 12.2. The van der Waals surface area contributed by atoms with Gasteiger partial charge in [0.25, 0.3) is 6.43 Å². The molecular formula is C17H24F2N4O3. The standard InChI is InChI=1S/C17H24F2N4O3/c1-17(2,3)26-16(24)23-8-11-6-22(7-12(11)9-23)15-20-4-13(5-21-15)25-10-14(18)19/h4-5,11-12,14H,6-10H2,1-3H3. The van der Waals surface area contributed by atoms with Crippen LogP contribution in [-0.4, -0.2) is 65.8 Å². The summed E-state index contributed by atoms with van der Waals surface area (Å²) in [5.41, 5.74) is -0.497. The van der Waals surface area contributed by atoms with E-state index in [1.807, 2.05) is 20.8 Å². The molecule has 0 N–H and O–H groups in total. The van der Waals surface area contributed by atoms with Gasteiger partial charge in [0.05, 0.1) is 12.4 Å². The van der Waals surface area contributed by atoms with Crippen molar-refractivity contribution in [1.82, 2.24) is 14.9 Å². The van der Waals surface area contributed by atoms with E-state index < -0.39 is 18.6 Å². The fraction of sp³-hybridized carbons (Fsp3) is 0.706. The number of hydrogen-bond donors (Lipinski definition) is 0. The third-order valence-corrected chi connectivity index (χ3v) is 4.41. The van der Waals surface area contributed by atoms with E-state index in [9.17, 15) is 13.6 Å². The zero-order valence-corrected chi connectivity index (χ0v) is 15.2. The molecule has 144 valence electrons. The molecule has 2 aliphatic rings. The van der Waals surface area contributed by atoms with Crippen molar-refractivity contribution in [2.45, 2.75) is 32.8 Å². The normalized spacial score (nSPS) is 22.7. The van der Waals surface area contributed by atoms with Crippen molar-refractivity contribution >= 4 is 12.0 Å². The molecule has 2 saturated heterocycles. The molecule has 2 atom stereocenters. The van der Waals surface area contributed by atoms with Crippen LogP contribution in [0.3, 0.4) is 0 Å². The van der Waals surface area contributed by atoms with Crippen LogP contribution >= 0.6 is 0 Å². The Hall–Kier alpha value is -2.19. The number of ether oxygens (including phenoxy) is 2. The highest BCUT2D eigenvalue weighted by Crippen LogP contribution is 2.33. The Kier molecular flexibility index (Phi) is 5.15. The van der Waals surface area contributed by atoms with Crippen molar-refractivity contribution in [2.75, 3.05) is 37.7 Å². The van der Waals surface area contributed by atoms with Gasteiger partial charge in [0.15, 0.2) is 5.75 Å². The lowest BCUT2D eigenvalue weighted by Gasteiger charge is -2.26. The zero-order chi connectivity index (χ0) is 18.9. The van der Waals surface area contributed by atoms with Gasteiger partial charge in [-0.2, -0.15) is 0 Å². The Morgan fingerprint density at radius 3 is 2.27 bits per heavy atom. The van der Waals surface area contributed by atoms with E-state index in [-0.39, 0.29) is 11.8 Å². The number of hydrogen-bond acceptors (Lipinski definition) is 6. The van der Waals surface area contributed by atoms with Crippen LogP contribution in [-0.2, 0) is 4.74 Å². The van der Waals surface area contributed by atoms with E-state index in [0.29, 0.717) is 30.9 Å². The first-order valence-electron chi connectivity index (χ1n) is 8.67. The molecule has 9 heteroatoms. The van der Waals surface area contributed by atoms with Crippen LogP contribution in [0.5, 0.6) is 5.75 Å². The molecule has 3 rings (SSSR count). The number of fused-ring (bicyclic) bond motifs is 1. The quantitative estimate of drug-likeness (QED) is 0.811. The number of amides is 1. The summed E-state index contributed by atoms with van der Waals surface area (Å²) in [4.78, 5) is 24.4. The van der Waals surface area contributed by atoms with Crippen LogP contribution in [0.15, 0.2) is 12.4 Å². The largest absolute Gasteiger partial charge is 0.484 e. The Morgan fingerprint density at radius 1 is 1.19 bits per heavy atom. The van der Waals surface area contributed by atoms with E-state index in [2.05, 4.69) is 14.9 Å². The van der Waals surface area contributed by atoms with E-state index in [0.717, 1.165) is 13.1 Å². The van der Waals surface area contributed by atoms with E-state index >= 15 is 0 Å². The SMILES string of the molecule is CC(C)(C)OC(=O)N1CC2CN(c3ncc(OCC(F)F)cn3)CC2C1. The predicted octanol–water partition coefficient (Wildman–Crippen LogP) is 2.42. The Morgan fingerprint density at radius 2 is 1.77 bits per heavy atom. The number of carbonyl (C=O) groups excluding carboxylic acids is 1. The lowest BCUT2D eigenvalue weighted by Crippen LogP contribution is -2.37. The summed E-state index contributed by atoms with van der Waals surface area (Å²) < 4.78 is 34.6. The predicted molar refractivity (Wildman–Crippen MR) is 90.5 cm³/mol. The third-order valence-electron chi connectivity index (χ3n) is 4.41. The minimum atomic E-state index is -2.53. The second-order valence-corrected chi connectivity index (χ2v) is 7.73. The smallest absolute Gasteiger partial charge is 0.410 e. The van der Waals surface area contributed by atoms with Gasteiger partial charge >= 0.3 is 6.09 Å². The Bertz CT molecular complexity index is 622. The van der Waals surface area contributed by atoms with E-state index in [4.69, 9.17) is 9.47 Å². The molecule has 2 fully saturated rings. The Labute approximate surface area is 151 Å². The topological polar surface area (TPSA) is 67.8 Å². The first kappa shape index (κ1) is 18.6. The van der Waals surface area contributed by atoms with Crippen LogP contribution in [0, 0.1) is 11.8 Å². The number of alkyl halides is 2. The molecular weight excluding hydrogens is 346 g/mol. The highest BCUT2D eigenvalue weighted by Gasteiger charge is 2.43. The summed E-state index contributed by atoms with van der Waals surface area (Å²) in [5.74, 6) is 1.47. The number of rotatable bonds is 4. The van der Waals surface area contributed by atoms with E-state index in [1.165, 1.54) is 12.4 Å². The molecule has 0 bridgehead atoms. The van der Waals surface area contributed by atoms with Gasteiger partial charge in [-0.25, -0.2) is 23.5 Å². The average Bonchev–Trinajstić information content (AvgIpc) is 3.10. The first-order valence-corrected chi connectivity index (χ1v) is 8.67.